The van der Waals surface area contributed by atoms with Crippen LogP contribution in [-0.2, 0) is 4.74 Å². The Balaban J connectivity index is 4.24. The standard InChI is InChI=1S/C8H12F4O/c1-4-13-6(2)5-8(11,12)7(3,9)10/h4,6H,1,5H2,2-3H3. The van der Waals surface area contributed by atoms with E-state index in [9.17, 15) is 17.6 Å². The Kier molecular flexibility index (Phi) is 3.75. The van der Waals surface area contributed by atoms with Crippen LogP contribution in [0.25, 0.3) is 0 Å². The van der Waals surface area contributed by atoms with E-state index in [0.717, 1.165) is 6.26 Å². The lowest BCUT2D eigenvalue weighted by Gasteiger charge is -2.25. The molecule has 13 heavy (non-hydrogen) atoms. The Morgan fingerprint density at radius 3 is 2.15 bits per heavy atom. The highest BCUT2D eigenvalue weighted by Gasteiger charge is 2.52. The Morgan fingerprint density at radius 2 is 1.85 bits per heavy atom. The zero-order valence-electron chi connectivity index (χ0n) is 7.49. The maximum absolute atomic E-state index is 12.6. The van der Waals surface area contributed by atoms with Crippen LogP contribution in [-0.4, -0.2) is 17.9 Å². The lowest BCUT2D eigenvalue weighted by Crippen LogP contribution is -2.40. The van der Waals surface area contributed by atoms with Crippen LogP contribution >= 0.6 is 0 Å². The molecule has 0 heterocycles. The molecule has 0 aromatic carbocycles. The van der Waals surface area contributed by atoms with E-state index in [1.54, 1.807) is 0 Å². The van der Waals surface area contributed by atoms with E-state index in [4.69, 9.17) is 0 Å². The van der Waals surface area contributed by atoms with E-state index in [1.165, 1.54) is 6.92 Å². The van der Waals surface area contributed by atoms with E-state index in [1.807, 2.05) is 0 Å². The van der Waals surface area contributed by atoms with Crippen LogP contribution in [0.2, 0.25) is 0 Å². The number of rotatable bonds is 5. The van der Waals surface area contributed by atoms with E-state index in [2.05, 4.69) is 11.3 Å². The van der Waals surface area contributed by atoms with Crippen LogP contribution in [0.1, 0.15) is 20.3 Å². The average molecular weight is 200 g/mol. The number of hydrogen-bond donors (Lipinski definition) is 0. The second-order valence-electron chi connectivity index (χ2n) is 2.91. The van der Waals surface area contributed by atoms with E-state index < -0.39 is 24.4 Å². The molecular formula is C8H12F4O. The van der Waals surface area contributed by atoms with Crippen LogP contribution in [0.4, 0.5) is 17.6 Å². The molecule has 0 bridgehead atoms. The van der Waals surface area contributed by atoms with Crippen LogP contribution in [0.15, 0.2) is 12.8 Å². The van der Waals surface area contributed by atoms with Crippen molar-refractivity contribution in [2.45, 2.75) is 38.2 Å². The van der Waals surface area contributed by atoms with Gasteiger partial charge in [0.25, 0.3) is 0 Å². The molecule has 0 spiro atoms. The Labute approximate surface area is 74.4 Å². The maximum atomic E-state index is 12.6. The Morgan fingerprint density at radius 1 is 1.38 bits per heavy atom. The number of halogens is 4. The molecule has 1 atom stereocenters. The maximum Gasteiger partial charge on any atom is 0.313 e. The first-order chi connectivity index (χ1) is 5.70. The molecule has 1 unspecified atom stereocenters. The first kappa shape index (κ1) is 12.3. The molecule has 0 aromatic heterocycles. The van der Waals surface area contributed by atoms with Gasteiger partial charge in [-0.2, -0.15) is 8.78 Å². The first-order valence-corrected chi connectivity index (χ1v) is 3.72. The predicted octanol–water partition coefficient (Wildman–Crippen LogP) is 3.22. The summed E-state index contributed by atoms with van der Waals surface area (Å²) in [6.07, 6.45) is -1.05. The van der Waals surface area contributed by atoms with Gasteiger partial charge in [-0.05, 0) is 6.92 Å². The normalized spacial score (nSPS) is 15.2. The van der Waals surface area contributed by atoms with E-state index in [-0.39, 0.29) is 6.92 Å². The molecule has 0 saturated heterocycles. The molecule has 0 fully saturated rings. The molecule has 0 aliphatic rings. The SMILES string of the molecule is C=COC(C)CC(F)(F)C(C)(F)F. The summed E-state index contributed by atoms with van der Waals surface area (Å²) >= 11 is 0. The molecule has 0 aliphatic heterocycles. The third-order valence-corrected chi connectivity index (χ3v) is 1.51. The van der Waals surface area contributed by atoms with Gasteiger partial charge in [0, 0.05) is 6.92 Å². The molecular weight excluding hydrogens is 188 g/mol. The highest BCUT2D eigenvalue weighted by molar-refractivity contribution is 4.82. The molecule has 0 rings (SSSR count). The van der Waals surface area contributed by atoms with Gasteiger partial charge in [0.2, 0.25) is 0 Å². The average Bonchev–Trinajstić information content (AvgIpc) is 1.83. The van der Waals surface area contributed by atoms with Crippen molar-refractivity contribution in [3.63, 3.8) is 0 Å². The topological polar surface area (TPSA) is 9.23 Å². The summed E-state index contributed by atoms with van der Waals surface area (Å²) in [6.45, 7) is 4.61. The third kappa shape index (κ3) is 3.65. The van der Waals surface area contributed by atoms with Crippen molar-refractivity contribution in [1.29, 1.82) is 0 Å². The van der Waals surface area contributed by atoms with Gasteiger partial charge in [0.05, 0.1) is 12.7 Å². The van der Waals surface area contributed by atoms with Gasteiger partial charge < -0.3 is 4.74 Å². The predicted molar refractivity (Wildman–Crippen MR) is 40.9 cm³/mol. The molecule has 0 aliphatic carbocycles. The van der Waals surface area contributed by atoms with Gasteiger partial charge in [-0.15, -0.1) is 0 Å². The summed E-state index contributed by atoms with van der Waals surface area (Å²) in [6, 6.07) is 0. The Bertz CT molecular complexity index is 173. The van der Waals surface area contributed by atoms with Crippen molar-refractivity contribution in [3.05, 3.63) is 12.8 Å². The van der Waals surface area contributed by atoms with Crippen LogP contribution in [0, 0.1) is 0 Å². The van der Waals surface area contributed by atoms with Crippen molar-refractivity contribution in [2.75, 3.05) is 0 Å². The fraction of sp³-hybridized carbons (Fsp3) is 0.750. The van der Waals surface area contributed by atoms with Crippen LogP contribution in [0.5, 0.6) is 0 Å². The summed E-state index contributed by atoms with van der Waals surface area (Å²) in [5, 5.41) is 0. The second-order valence-corrected chi connectivity index (χ2v) is 2.91. The molecule has 0 aromatic rings. The van der Waals surface area contributed by atoms with Gasteiger partial charge in [0.15, 0.2) is 0 Å². The minimum absolute atomic E-state index is 0.188. The first-order valence-electron chi connectivity index (χ1n) is 3.72. The minimum atomic E-state index is -4.05. The van der Waals surface area contributed by atoms with Gasteiger partial charge >= 0.3 is 11.8 Å². The highest BCUT2D eigenvalue weighted by atomic mass is 19.3. The summed E-state index contributed by atoms with van der Waals surface area (Å²) in [7, 11) is 0. The monoisotopic (exact) mass is 200 g/mol. The molecule has 1 nitrogen and oxygen atoms in total. The van der Waals surface area contributed by atoms with Crippen molar-refractivity contribution < 1.29 is 22.3 Å². The van der Waals surface area contributed by atoms with Crippen molar-refractivity contribution in [3.8, 4) is 0 Å². The lowest BCUT2D eigenvalue weighted by atomic mass is 10.1. The van der Waals surface area contributed by atoms with Crippen molar-refractivity contribution in [2.24, 2.45) is 0 Å². The molecule has 5 heteroatoms. The summed E-state index contributed by atoms with van der Waals surface area (Å²) in [5.74, 6) is -8.07. The lowest BCUT2D eigenvalue weighted by molar-refractivity contribution is -0.210. The minimum Gasteiger partial charge on any atom is -0.499 e. The van der Waals surface area contributed by atoms with Crippen LogP contribution < -0.4 is 0 Å². The van der Waals surface area contributed by atoms with E-state index >= 15 is 0 Å². The molecule has 0 amide bonds. The molecule has 0 radical (unpaired) electrons. The second kappa shape index (κ2) is 3.98. The Hall–Kier alpha value is -0.740. The quantitative estimate of drug-likeness (QED) is 0.489. The highest BCUT2D eigenvalue weighted by Crippen LogP contribution is 2.37. The van der Waals surface area contributed by atoms with Gasteiger partial charge in [0.1, 0.15) is 6.10 Å². The van der Waals surface area contributed by atoms with Crippen molar-refractivity contribution in [1.82, 2.24) is 0 Å². The van der Waals surface area contributed by atoms with Crippen molar-refractivity contribution >= 4 is 0 Å². The number of ether oxygens (including phenoxy) is 1. The number of alkyl halides is 4. The van der Waals surface area contributed by atoms with Crippen LogP contribution in [0.3, 0.4) is 0 Å². The zero-order valence-corrected chi connectivity index (χ0v) is 7.49. The fourth-order valence-electron chi connectivity index (χ4n) is 0.753. The van der Waals surface area contributed by atoms with Gasteiger partial charge in [-0.1, -0.05) is 6.58 Å². The third-order valence-electron chi connectivity index (χ3n) is 1.51. The zero-order chi connectivity index (χ0) is 10.7. The summed E-state index contributed by atoms with van der Waals surface area (Å²) in [5.41, 5.74) is 0. The fourth-order valence-corrected chi connectivity index (χ4v) is 0.753. The molecule has 0 saturated carbocycles. The number of hydrogen-bond acceptors (Lipinski definition) is 1. The summed E-state index contributed by atoms with van der Waals surface area (Å²) in [4.78, 5) is 0. The van der Waals surface area contributed by atoms with E-state index in [0.29, 0.717) is 0 Å². The smallest absolute Gasteiger partial charge is 0.313 e. The summed E-state index contributed by atoms with van der Waals surface area (Å²) < 4.78 is 54.3. The largest absolute Gasteiger partial charge is 0.499 e. The molecule has 0 N–H and O–H groups in total. The molecule has 78 valence electrons. The van der Waals surface area contributed by atoms with Gasteiger partial charge in [-0.25, -0.2) is 8.78 Å². The van der Waals surface area contributed by atoms with Gasteiger partial charge in [-0.3, -0.25) is 0 Å².